The van der Waals surface area contributed by atoms with Crippen LogP contribution in [-0.4, -0.2) is 46.4 Å². The van der Waals surface area contributed by atoms with Gasteiger partial charge < -0.3 is 15.5 Å². The maximum Gasteiger partial charge on any atom is 0.191 e. The van der Waals surface area contributed by atoms with Crippen molar-refractivity contribution in [3.63, 3.8) is 0 Å². The first-order valence-corrected chi connectivity index (χ1v) is 11.0. The topological polar surface area (TPSA) is 70.4 Å². The Morgan fingerprint density at radius 3 is 2.81 bits per heavy atom. The smallest absolute Gasteiger partial charge is 0.191 e. The number of aromatic nitrogens is 3. The summed E-state index contributed by atoms with van der Waals surface area (Å²) in [7, 11) is 0. The molecule has 7 nitrogen and oxygen atoms in total. The lowest BCUT2D eigenvalue weighted by molar-refractivity contribution is 0.648. The van der Waals surface area contributed by atoms with Crippen LogP contribution in [-0.2, 0) is 13.1 Å². The highest BCUT2D eigenvalue weighted by Crippen LogP contribution is 2.25. The van der Waals surface area contributed by atoms with Gasteiger partial charge in [0, 0.05) is 43.6 Å². The zero-order chi connectivity index (χ0) is 21.5. The predicted octanol–water partition coefficient (Wildman–Crippen LogP) is 3.93. The standard InChI is InChI=1S/C23H28ClN7.HI/c1-2-25-23(29-20-10-12-30(17-20)22-21(24)9-6-11-26-22)27-13-19-14-28-31(16-19)15-18-7-4-3-5-8-18;/h3-9,11,14,16,20H,2,10,12-13,15,17H2,1H3,(H2,25,27,29);1H. The molecule has 0 aliphatic carbocycles. The van der Waals surface area contributed by atoms with E-state index in [4.69, 9.17) is 16.6 Å². The fourth-order valence-corrected chi connectivity index (χ4v) is 3.95. The third kappa shape index (κ3) is 6.59. The van der Waals surface area contributed by atoms with Gasteiger partial charge in [0.1, 0.15) is 5.82 Å². The van der Waals surface area contributed by atoms with Crippen molar-refractivity contribution in [3.05, 3.63) is 77.2 Å². The normalized spacial score (nSPS) is 16.0. The average molecular weight is 566 g/mol. The second-order valence-electron chi connectivity index (χ2n) is 7.61. The molecule has 1 aromatic carbocycles. The van der Waals surface area contributed by atoms with E-state index < -0.39 is 0 Å². The zero-order valence-electron chi connectivity index (χ0n) is 18.1. The molecule has 3 aromatic rings. The Hall–Kier alpha value is -2.33. The Bertz CT molecular complexity index is 1010. The summed E-state index contributed by atoms with van der Waals surface area (Å²) in [6.45, 7) is 5.98. The molecule has 2 N–H and O–H groups in total. The van der Waals surface area contributed by atoms with E-state index in [-0.39, 0.29) is 30.0 Å². The minimum absolute atomic E-state index is 0. The first-order chi connectivity index (χ1) is 15.2. The van der Waals surface area contributed by atoms with Crippen LogP contribution in [0.15, 0.2) is 66.0 Å². The van der Waals surface area contributed by atoms with Crippen LogP contribution < -0.4 is 15.5 Å². The van der Waals surface area contributed by atoms with Crippen molar-refractivity contribution in [1.82, 2.24) is 25.4 Å². The number of guanidine groups is 1. The summed E-state index contributed by atoms with van der Waals surface area (Å²) in [5.74, 6) is 1.67. The van der Waals surface area contributed by atoms with E-state index in [1.54, 1.807) is 6.20 Å². The van der Waals surface area contributed by atoms with Crippen molar-refractivity contribution < 1.29 is 0 Å². The van der Waals surface area contributed by atoms with Crippen LogP contribution in [0.2, 0.25) is 5.02 Å². The molecular weight excluding hydrogens is 537 g/mol. The van der Waals surface area contributed by atoms with Gasteiger partial charge >= 0.3 is 0 Å². The Labute approximate surface area is 211 Å². The van der Waals surface area contributed by atoms with Gasteiger partial charge in [-0.3, -0.25) is 4.68 Å². The molecule has 1 aliphatic rings. The van der Waals surface area contributed by atoms with Crippen molar-refractivity contribution in [1.29, 1.82) is 0 Å². The minimum Gasteiger partial charge on any atom is -0.357 e. The van der Waals surface area contributed by atoms with E-state index in [2.05, 4.69) is 50.9 Å². The number of pyridine rings is 1. The number of benzene rings is 1. The Morgan fingerprint density at radius 2 is 2.03 bits per heavy atom. The third-order valence-electron chi connectivity index (χ3n) is 5.21. The Morgan fingerprint density at radius 1 is 1.19 bits per heavy atom. The van der Waals surface area contributed by atoms with Crippen LogP contribution in [0.25, 0.3) is 0 Å². The van der Waals surface area contributed by atoms with Crippen molar-refractivity contribution >= 4 is 47.4 Å². The Kier molecular flexibility index (Phi) is 9.16. The molecule has 170 valence electrons. The lowest BCUT2D eigenvalue weighted by Gasteiger charge is -2.20. The fourth-order valence-electron chi connectivity index (χ4n) is 3.71. The van der Waals surface area contributed by atoms with E-state index in [9.17, 15) is 0 Å². The molecule has 1 saturated heterocycles. The number of hydrogen-bond acceptors (Lipinski definition) is 4. The van der Waals surface area contributed by atoms with Gasteiger partial charge in [-0.15, -0.1) is 24.0 Å². The van der Waals surface area contributed by atoms with E-state index in [1.807, 2.05) is 41.2 Å². The van der Waals surface area contributed by atoms with Gasteiger partial charge in [0.05, 0.1) is 24.3 Å². The molecule has 0 bridgehead atoms. The van der Waals surface area contributed by atoms with Crippen LogP contribution >= 0.6 is 35.6 Å². The summed E-state index contributed by atoms with van der Waals surface area (Å²) in [5, 5.41) is 12.1. The predicted molar refractivity (Wildman–Crippen MR) is 141 cm³/mol. The number of nitrogens with zero attached hydrogens (tertiary/aromatic N) is 5. The van der Waals surface area contributed by atoms with Gasteiger partial charge in [-0.2, -0.15) is 5.10 Å². The van der Waals surface area contributed by atoms with Gasteiger partial charge in [0.2, 0.25) is 0 Å². The molecule has 3 heterocycles. The molecule has 1 atom stereocenters. The van der Waals surface area contributed by atoms with Crippen LogP contribution in [0.4, 0.5) is 5.82 Å². The zero-order valence-corrected chi connectivity index (χ0v) is 21.2. The lowest BCUT2D eigenvalue weighted by Crippen LogP contribution is -2.44. The molecule has 0 radical (unpaired) electrons. The molecule has 4 rings (SSSR count). The summed E-state index contributed by atoms with van der Waals surface area (Å²) >= 11 is 6.31. The summed E-state index contributed by atoms with van der Waals surface area (Å²) < 4.78 is 1.95. The molecule has 0 saturated carbocycles. The van der Waals surface area contributed by atoms with Gasteiger partial charge in [0.15, 0.2) is 5.96 Å². The summed E-state index contributed by atoms with van der Waals surface area (Å²) in [6, 6.07) is 14.4. The van der Waals surface area contributed by atoms with Gasteiger partial charge in [0.25, 0.3) is 0 Å². The average Bonchev–Trinajstić information content (AvgIpc) is 3.43. The van der Waals surface area contributed by atoms with E-state index in [0.717, 1.165) is 49.9 Å². The molecule has 1 fully saturated rings. The lowest BCUT2D eigenvalue weighted by atomic mass is 10.2. The molecule has 2 aromatic heterocycles. The SMILES string of the molecule is CCNC(=NCc1cnn(Cc2ccccc2)c1)NC1CCN(c2ncccc2Cl)C1.I. The van der Waals surface area contributed by atoms with Crippen molar-refractivity contribution in [2.75, 3.05) is 24.5 Å². The molecule has 32 heavy (non-hydrogen) atoms. The summed E-state index contributed by atoms with van der Waals surface area (Å²) in [6.07, 6.45) is 6.73. The molecule has 1 aliphatic heterocycles. The monoisotopic (exact) mass is 565 g/mol. The van der Waals surface area contributed by atoms with Crippen LogP contribution in [0, 0.1) is 0 Å². The van der Waals surface area contributed by atoms with Gasteiger partial charge in [-0.05, 0) is 31.0 Å². The maximum absolute atomic E-state index is 6.31. The van der Waals surface area contributed by atoms with Gasteiger partial charge in [-0.1, -0.05) is 41.9 Å². The minimum atomic E-state index is 0. The van der Waals surface area contributed by atoms with Gasteiger partial charge in [-0.25, -0.2) is 9.98 Å². The quantitative estimate of drug-likeness (QED) is 0.258. The number of hydrogen-bond donors (Lipinski definition) is 2. The third-order valence-corrected chi connectivity index (χ3v) is 5.50. The van der Waals surface area contributed by atoms with Crippen LogP contribution in [0.5, 0.6) is 0 Å². The largest absolute Gasteiger partial charge is 0.357 e. The second kappa shape index (κ2) is 12.1. The molecule has 9 heteroatoms. The summed E-state index contributed by atoms with van der Waals surface area (Å²) in [4.78, 5) is 11.4. The van der Waals surface area contributed by atoms with Crippen LogP contribution in [0.3, 0.4) is 0 Å². The van der Waals surface area contributed by atoms with Crippen LogP contribution in [0.1, 0.15) is 24.5 Å². The number of rotatable bonds is 7. The number of aliphatic imine (C=N–C) groups is 1. The van der Waals surface area contributed by atoms with Crippen molar-refractivity contribution in [2.24, 2.45) is 4.99 Å². The number of anilines is 1. The van der Waals surface area contributed by atoms with Crippen molar-refractivity contribution in [3.8, 4) is 0 Å². The molecule has 1 unspecified atom stereocenters. The highest BCUT2D eigenvalue weighted by Gasteiger charge is 2.25. The first-order valence-electron chi connectivity index (χ1n) is 10.7. The summed E-state index contributed by atoms with van der Waals surface area (Å²) in [5.41, 5.74) is 2.32. The fraction of sp³-hybridized carbons (Fsp3) is 0.348. The number of nitrogens with one attached hydrogen (secondary N) is 2. The number of halogens is 2. The highest BCUT2D eigenvalue weighted by molar-refractivity contribution is 14.0. The second-order valence-corrected chi connectivity index (χ2v) is 8.02. The molecular formula is C23H29ClIN7. The van der Waals surface area contributed by atoms with E-state index in [1.165, 1.54) is 5.56 Å². The first kappa shape index (κ1) is 24.3. The maximum atomic E-state index is 6.31. The highest BCUT2D eigenvalue weighted by atomic mass is 127. The van der Waals surface area contributed by atoms with E-state index in [0.29, 0.717) is 11.6 Å². The Balaban J connectivity index is 0.00000289. The van der Waals surface area contributed by atoms with E-state index >= 15 is 0 Å². The molecule has 0 spiro atoms. The van der Waals surface area contributed by atoms with Crippen molar-refractivity contribution in [2.45, 2.75) is 32.5 Å². The molecule has 0 amide bonds.